The normalized spacial score (nSPS) is 32.4. The fourth-order valence-electron chi connectivity index (χ4n) is 3.36. The van der Waals surface area contributed by atoms with Crippen molar-refractivity contribution in [2.75, 3.05) is 0 Å². The molecule has 0 saturated carbocycles. The van der Waals surface area contributed by atoms with Gasteiger partial charge in [0.25, 0.3) is 0 Å². The summed E-state index contributed by atoms with van der Waals surface area (Å²) in [6.45, 7) is 0. The molecule has 2 saturated heterocycles. The van der Waals surface area contributed by atoms with Crippen LogP contribution in [0.2, 0.25) is 0 Å². The Balaban J connectivity index is 1.85. The van der Waals surface area contributed by atoms with E-state index in [2.05, 4.69) is 4.98 Å². The number of carbonyl (C=O) groups excluding carboxylic acids is 1. The third kappa shape index (κ3) is 2.29. The van der Waals surface area contributed by atoms with Crippen molar-refractivity contribution in [2.45, 2.75) is 42.6 Å². The van der Waals surface area contributed by atoms with Gasteiger partial charge in [0.05, 0.1) is 5.56 Å². The highest BCUT2D eigenvalue weighted by Crippen LogP contribution is 2.38. The smallest absolute Gasteiger partial charge is 0.168 e. The van der Waals surface area contributed by atoms with Crippen molar-refractivity contribution in [3.8, 4) is 6.07 Å². The molecule has 2 bridgehead atoms. The molecule has 104 valence electrons. The predicted molar refractivity (Wildman–Crippen MR) is 75.6 cm³/mol. The molecule has 0 aliphatic carbocycles. The highest BCUT2D eigenvalue weighted by atomic mass is 32.2. The highest BCUT2D eigenvalue weighted by Gasteiger charge is 2.40. The van der Waals surface area contributed by atoms with Gasteiger partial charge < -0.3 is 0 Å². The molecule has 2 fully saturated rings. The van der Waals surface area contributed by atoms with Crippen molar-refractivity contribution in [3.63, 3.8) is 0 Å². The zero-order valence-electron chi connectivity index (χ0n) is 11.1. The van der Waals surface area contributed by atoms with Gasteiger partial charge in [-0.25, -0.2) is 4.98 Å². The van der Waals surface area contributed by atoms with Gasteiger partial charge in [-0.05, 0) is 37.8 Å². The minimum absolute atomic E-state index is 0.00301. The van der Waals surface area contributed by atoms with Crippen molar-refractivity contribution in [1.29, 1.82) is 5.26 Å². The first-order valence-corrected chi connectivity index (χ1v) is 8.27. The molecule has 2 unspecified atom stereocenters. The summed E-state index contributed by atoms with van der Waals surface area (Å²) in [6, 6.07) is 5.35. The van der Waals surface area contributed by atoms with E-state index in [1.54, 1.807) is 12.1 Å². The molecule has 1 aromatic heterocycles. The summed E-state index contributed by atoms with van der Waals surface area (Å²) in [5.41, 5.74) is 0.625. The molecule has 5 heteroatoms. The van der Waals surface area contributed by atoms with Gasteiger partial charge in [-0.3, -0.25) is 9.00 Å². The van der Waals surface area contributed by atoms with Crippen molar-refractivity contribution in [3.05, 3.63) is 29.6 Å². The molecule has 4 nitrogen and oxygen atoms in total. The fourth-order valence-corrected chi connectivity index (χ4v) is 5.55. The molecule has 2 atom stereocenters. The van der Waals surface area contributed by atoms with E-state index in [0.29, 0.717) is 18.4 Å². The van der Waals surface area contributed by atoms with Crippen molar-refractivity contribution in [2.24, 2.45) is 5.92 Å². The van der Waals surface area contributed by atoms with Gasteiger partial charge in [0.15, 0.2) is 11.5 Å². The molecule has 0 amide bonds. The zero-order valence-corrected chi connectivity index (χ0v) is 11.9. The number of nitrogens with zero attached hydrogens (tertiary/aromatic N) is 2. The van der Waals surface area contributed by atoms with Gasteiger partial charge in [0, 0.05) is 33.4 Å². The average Bonchev–Trinajstić information content (AvgIpc) is 2.46. The van der Waals surface area contributed by atoms with Crippen LogP contribution >= 0.6 is 0 Å². The number of rotatable bonds is 2. The zero-order chi connectivity index (χ0) is 14.1. The Labute approximate surface area is 120 Å². The first-order chi connectivity index (χ1) is 9.70. The lowest BCUT2D eigenvalue weighted by Crippen LogP contribution is -2.41. The van der Waals surface area contributed by atoms with Crippen LogP contribution in [0, 0.1) is 17.2 Å². The Morgan fingerprint density at radius 3 is 2.70 bits per heavy atom. The maximum atomic E-state index is 12.6. The molecule has 1 aromatic rings. The van der Waals surface area contributed by atoms with E-state index in [1.807, 2.05) is 6.07 Å². The monoisotopic (exact) mass is 288 g/mol. The minimum atomic E-state index is -0.770. The fraction of sp³-hybridized carbons (Fsp3) is 0.533. The SMILES string of the molecule is N#Cc1ncccc1C(=O)C1CC2CCCC(C1)S2=O. The lowest BCUT2D eigenvalue weighted by molar-refractivity contribution is 0.0894. The maximum absolute atomic E-state index is 12.6. The molecule has 0 spiro atoms. The Bertz CT molecular complexity index is 592. The number of carbonyl (C=O) groups is 1. The van der Waals surface area contributed by atoms with Crippen LogP contribution in [0.3, 0.4) is 0 Å². The number of pyridine rings is 1. The van der Waals surface area contributed by atoms with Crippen LogP contribution in [0.5, 0.6) is 0 Å². The molecule has 3 heterocycles. The van der Waals surface area contributed by atoms with E-state index >= 15 is 0 Å². The first kappa shape index (κ1) is 13.4. The number of ketones is 1. The van der Waals surface area contributed by atoms with Crippen LogP contribution in [0.25, 0.3) is 0 Å². The third-order valence-electron chi connectivity index (χ3n) is 4.35. The number of fused-ring (bicyclic) bond motifs is 2. The summed E-state index contributed by atoms with van der Waals surface area (Å²) in [4.78, 5) is 16.6. The van der Waals surface area contributed by atoms with E-state index in [4.69, 9.17) is 5.26 Å². The first-order valence-electron chi connectivity index (χ1n) is 6.99. The lowest BCUT2D eigenvalue weighted by atomic mass is 9.84. The van der Waals surface area contributed by atoms with Gasteiger partial charge in [-0.2, -0.15) is 5.26 Å². The third-order valence-corrected chi connectivity index (χ3v) is 6.52. The van der Waals surface area contributed by atoms with Gasteiger partial charge in [0.2, 0.25) is 0 Å². The second-order valence-electron chi connectivity index (χ2n) is 5.55. The van der Waals surface area contributed by atoms with Crippen molar-refractivity contribution < 1.29 is 9.00 Å². The van der Waals surface area contributed by atoms with Gasteiger partial charge in [0.1, 0.15) is 6.07 Å². The summed E-state index contributed by atoms with van der Waals surface area (Å²) in [5.74, 6) is -0.0949. The van der Waals surface area contributed by atoms with E-state index < -0.39 is 10.8 Å². The van der Waals surface area contributed by atoms with Gasteiger partial charge >= 0.3 is 0 Å². The summed E-state index contributed by atoms with van der Waals surface area (Å²) >= 11 is 0. The number of Topliss-reactive ketones (excluding diaryl/α,β-unsaturated/α-hetero) is 1. The van der Waals surface area contributed by atoms with Crippen molar-refractivity contribution >= 4 is 16.6 Å². The topological polar surface area (TPSA) is 70.8 Å². The molecule has 20 heavy (non-hydrogen) atoms. The second kappa shape index (κ2) is 5.45. The lowest BCUT2D eigenvalue weighted by Gasteiger charge is -2.37. The van der Waals surface area contributed by atoms with Crippen LogP contribution < -0.4 is 0 Å². The van der Waals surface area contributed by atoms with Crippen LogP contribution in [-0.2, 0) is 10.8 Å². The summed E-state index contributed by atoms with van der Waals surface area (Å²) in [6.07, 6.45) is 5.97. The predicted octanol–water partition coefficient (Wildman–Crippen LogP) is 2.22. The molecular formula is C15H16N2O2S. The van der Waals surface area contributed by atoms with E-state index in [9.17, 15) is 9.00 Å². The van der Waals surface area contributed by atoms with Crippen LogP contribution in [-0.4, -0.2) is 25.5 Å². The molecule has 3 rings (SSSR count). The van der Waals surface area contributed by atoms with Crippen LogP contribution in [0.15, 0.2) is 18.3 Å². The second-order valence-corrected chi connectivity index (χ2v) is 7.54. The molecule has 2 aliphatic rings. The van der Waals surface area contributed by atoms with E-state index in [-0.39, 0.29) is 27.9 Å². The van der Waals surface area contributed by atoms with Gasteiger partial charge in [-0.1, -0.05) is 6.42 Å². The minimum Gasteiger partial charge on any atom is -0.294 e. The molecule has 0 aromatic carbocycles. The van der Waals surface area contributed by atoms with Crippen LogP contribution in [0.1, 0.15) is 48.2 Å². The quantitative estimate of drug-likeness (QED) is 0.782. The highest BCUT2D eigenvalue weighted by molar-refractivity contribution is 7.86. The standard InChI is InChI=1S/C15H16N2O2S/c16-9-14-13(5-2-6-17-14)15(18)10-7-11-3-1-4-12(8-10)20(11)19/h2,5-6,10-12H,1,3-4,7-8H2. The number of hydrogen-bond acceptors (Lipinski definition) is 4. The average molecular weight is 288 g/mol. The molecule has 0 N–H and O–H groups in total. The van der Waals surface area contributed by atoms with Crippen LogP contribution in [0.4, 0.5) is 0 Å². The number of nitriles is 1. The van der Waals surface area contributed by atoms with Gasteiger partial charge in [-0.15, -0.1) is 0 Å². The summed E-state index contributed by atoms with van der Waals surface area (Å²) in [7, 11) is -0.770. The molecule has 2 aliphatic heterocycles. The number of aromatic nitrogens is 1. The summed E-state index contributed by atoms with van der Waals surface area (Å²) < 4.78 is 12.2. The molecular weight excluding hydrogens is 272 g/mol. The Kier molecular flexibility index (Phi) is 3.66. The largest absolute Gasteiger partial charge is 0.294 e. The van der Waals surface area contributed by atoms with E-state index in [0.717, 1.165) is 19.3 Å². The Morgan fingerprint density at radius 2 is 2.05 bits per heavy atom. The summed E-state index contributed by atoms with van der Waals surface area (Å²) in [5, 5.41) is 9.39. The Hall–Kier alpha value is -1.54. The number of hydrogen-bond donors (Lipinski definition) is 0. The van der Waals surface area contributed by atoms with E-state index in [1.165, 1.54) is 6.20 Å². The maximum Gasteiger partial charge on any atom is 0.168 e. The Morgan fingerprint density at radius 1 is 1.35 bits per heavy atom. The van der Waals surface area contributed by atoms with Crippen molar-refractivity contribution in [1.82, 2.24) is 4.98 Å². The molecule has 0 radical (unpaired) electrons.